The van der Waals surface area contributed by atoms with Gasteiger partial charge in [-0.3, -0.25) is 5.32 Å². The first kappa shape index (κ1) is 51.1. The maximum Gasteiger partial charge on any atom is 0.435 e. The molecule has 0 saturated heterocycles. The van der Waals surface area contributed by atoms with E-state index in [1.54, 1.807) is 48.5 Å². The van der Waals surface area contributed by atoms with Gasteiger partial charge in [-0.25, -0.2) is 43.0 Å². The molecule has 0 aliphatic carbocycles. The maximum atomic E-state index is 15.2. The number of para-hydroxylation sites is 1. The Kier molecular flexibility index (Phi) is 14.4. The first-order chi connectivity index (χ1) is 36.7. The van der Waals surface area contributed by atoms with Gasteiger partial charge in [0.1, 0.15) is 49.1 Å². The normalized spacial score (nSPS) is 11.5. The summed E-state index contributed by atoms with van der Waals surface area (Å²) in [5, 5.41) is 15.0. The van der Waals surface area contributed by atoms with E-state index < -0.39 is 54.3 Å². The van der Waals surface area contributed by atoms with Crippen molar-refractivity contribution in [2.45, 2.75) is 18.5 Å². The van der Waals surface area contributed by atoms with Gasteiger partial charge < -0.3 is 38.3 Å². The Morgan fingerprint density at radius 1 is 0.632 bits per heavy atom. The summed E-state index contributed by atoms with van der Waals surface area (Å²) in [5.74, 6) is 0.312. The van der Waals surface area contributed by atoms with Crippen molar-refractivity contribution < 1.29 is 64.5 Å². The number of rotatable bonds is 16. The van der Waals surface area contributed by atoms with Gasteiger partial charge >= 0.3 is 18.2 Å². The van der Waals surface area contributed by atoms with Gasteiger partial charge in [0.25, 0.3) is 0 Å². The van der Waals surface area contributed by atoms with Crippen LogP contribution in [0.4, 0.5) is 54.6 Å². The molecular formula is C51H42F5N11O9. The number of nitrogens with one attached hydrogen (secondary N) is 2. The highest BCUT2D eigenvalue weighted by Crippen LogP contribution is 2.40. The van der Waals surface area contributed by atoms with Crippen molar-refractivity contribution in [3.8, 4) is 51.9 Å². The average molecular weight is 1050 g/mol. The molecule has 9 aromatic rings. The Hall–Kier alpha value is -9.81. The van der Waals surface area contributed by atoms with Crippen LogP contribution in [0.25, 0.3) is 27.5 Å². The number of carbonyl (C=O) groups excluding carboxylic acids is 2. The number of halogens is 5. The number of aromatic nitrogens is 7. The Balaban J connectivity index is 1.16. The van der Waals surface area contributed by atoms with Crippen LogP contribution in [-0.2, 0) is 11.6 Å². The molecule has 4 amide bonds. The summed E-state index contributed by atoms with van der Waals surface area (Å²) in [6.07, 6.45) is -2.47. The Bertz CT molecular complexity index is 3580. The predicted molar refractivity (Wildman–Crippen MR) is 266 cm³/mol. The molecule has 0 saturated carbocycles. The summed E-state index contributed by atoms with van der Waals surface area (Å²) < 4.78 is 113. The molecule has 9 rings (SSSR count). The van der Waals surface area contributed by atoms with Gasteiger partial charge in [-0.1, -0.05) is 35.5 Å². The largest absolute Gasteiger partial charge is 0.493 e. The summed E-state index contributed by atoms with van der Waals surface area (Å²) in [7, 11) is 5.82. The molecule has 4 heterocycles. The van der Waals surface area contributed by atoms with Gasteiger partial charge in [0.05, 0.1) is 67.0 Å². The van der Waals surface area contributed by atoms with Crippen molar-refractivity contribution in [2.75, 3.05) is 62.4 Å². The van der Waals surface area contributed by atoms with E-state index in [9.17, 15) is 22.0 Å². The third-order valence-corrected chi connectivity index (χ3v) is 11.5. The maximum absolute atomic E-state index is 15.2. The summed E-state index contributed by atoms with van der Waals surface area (Å²) in [6.45, 7) is -1.34. The van der Waals surface area contributed by atoms with Crippen LogP contribution in [0.2, 0.25) is 0 Å². The fourth-order valence-corrected chi connectivity index (χ4v) is 7.57. The second-order valence-electron chi connectivity index (χ2n) is 16.6. The van der Waals surface area contributed by atoms with Crippen LogP contribution < -0.4 is 49.1 Å². The van der Waals surface area contributed by atoms with Crippen LogP contribution in [0.5, 0.6) is 46.3 Å². The second-order valence-corrected chi connectivity index (χ2v) is 16.6. The fourth-order valence-electron chi connectivity index (χ4n) is 7.57. The molecular weight excluding hydrogens is 1010 g/mol. The molecule has 390 valence electrons. The lowest BCUT2D eigenvalue weighted by molar-refractivity contribution is -0.141. The fraction of sp³-hybridized carbons (Fsp3) is 0.176. The number of carbonyl (C=O) groups is 2. The topological polar surface area (TPSA) is 215 Å². The van der Waals surface area contributed by atoms with E-state index in [1.165, 1.54) is 103 Å². The quantitative estimate of drug-likeness (QED) is 0.0680. The number of anilines is 4. The molecule has 0 spiro atoms. The highest BCUT2D eigenvalue weighted by Gasteiger charge is 2.39. The molecule has 5 aromatic carbocycles. The Morgan fingerprint density at radius 3 is 1.75 bits per heavy atom. The first-order valence-electron chi connectivity index (χ1n) is 22.5. The van der Waals surface area contributed by atoms with E-state index in [1.807, 2.05) is 0 Å². The third-order valence-electron chi connectivity index (χ3n) is 11.5. The number of hydrazine groups is 1. The highest BCUT2D eigenvalue weighted by atomic mass is 19.4. The minimum atomic E-state index is -4.98. The zero-order valence-corrected chi connectivity index (χ0v) is 40.6. The zero-order valence-electron chi connectivity index (χ0n) is 40.6. The summed E-state index contributed by atoms with van der Waals surface area (Å²) in [5.41, 5.74) is -2.48. The molecule has 0 aliphatic heterocycles. The van der Waals surface area contributed by atoms with Crippen LogP contribution >= 0.6 is 0 Å². The monoisotopic (exact) mass is 1050 g/mol. The number of methoxy groups -OCH3 is 4. The van der Waals surface area contributed by atoms with Crippen molar-refractivity contribution in [1.82, 2.24) is 34.9 Å². The van der Waals surface area contributed by atoms with Crippen molar-refractivity contribution in [1.29, 1.82) is 0 Å². The predicted octanol–water partition coefficient (Wildman–Crippen LogP) is 11.3. The first-order valence-corrected chi connectivity index (χ1v) is 22.5. The molecule has 0 bridgehead atoms. The van der Waals surface area contributed by atoms with E-state index in [4.69, 9.17) is 32.9 Å². The molecule has 2 N–H and O–H groups in total. The molecule has 4 aromatic heterocycles. The molecule has 0 aliphatic rings. The average Bonchev–Trinajstić information content (AvgIpc) is 4.11. The lowest BCUT2D eigenvalue weighted by atomic mass is 9.91. The van der Waals surface area contributed by atoms with Crippen LogP contribution in [0.15, 0.2) is 132 Å². The van der Waals surface area contributed by atoms with Crippen molar-refractivity contribution in [3.05, 3.63) is 139 Å². The van der Waals surface area contributed by atoms with Crippen LogP contribution in [0.1, 0.15) is 18.4 Å². The Morgan fingerprint density at radius 2 is 1.18 bits per heavy atom. The number of urea groups is 2. The molecule has 0 unspecified atom stereocenters. The molecule has 0 fully saturated rings. The van der Waals surface area contributed by atoms with E-state index >= 15 is 9.59 Å². The molecule has 0 atom stereocenters. The molecule has 20 nitrogen and oxygen atoms in total. The van der Waals surface area contributed by atoms with Gasteiger partial charge in [-0.05, 0) is 55.5 Å². The number of alkyl halides is 5. The third kappa shape index (κ3) is 10.4. The number of fused-ring (bicyclic) bond motifs is 2. The van der Waals surface area contributed by atoms with Gasteiger partial charge in [-0.2, -0.15) is 28.3 Å². The van der Waals surface area contributed by atoms with E-state index in [2.05, 4.69) is 40.8 Å². The molecule has 25 heteroatoms. The van der Waals surface area contributed by atoms with Crippen molar-refractivity contribution in [3.63, 3.8) is 0 Å². The SMILES string of the molecule is COc1cc2ncnc(Oc3cccc(NC(=O)N(c4cc(C(C)(CF)CF)on4)N(C(=O)Nc4cc(C(F)(F)F)nn4-c4ccccc4)c4cccc(Oc5ncnc6cc(OC)c(OC)cc56)c4)c3)c2cc1OC. The summed E-state index contributed by atoms with van der Waals surface area (Å²) in [4.78, 5) is 47.6. The zero-order chi connectivity index (χ0) is 53.7. The summed E-state index contributed by atoms with van der Waals surface area (Å²) >= 11 is 0. The minimum Gasteiger partial charge on any atom is -0.493 e. The van der Waals surface area contributed by atoms with Gasteiger partial charge in [0, 0.05) is 42.1 Å². The minimum absolute atomic E-state index is 0.000521. The van der Waals surface area contributed by atoms with Crippen molar-refractivity contribution >= 4 is 56.9 Å². The number of amides is 4. The second kappa shape index (κ2) is 21.3. The van der Waals surface area contributed by atoms with Crippen LogP contribution in [-0.4, -0.2) is 88.7 Å². The number of hydrogen-bond acceptors (Lipinski definition) is 15. The Labute approximate surface area is 427 Å². The van der Waals surface area contributed by atoms with Gasteiger partial charge in [-0.15, -0.1) is 0 Å². The number of benzene rings is 5. The van der Waals surface area contributed by atoms with E-state index in [0.717, 1.165) is 10.7 Å². The van der Waals surface area contributed by atoms with Crippen LogP contribution in [0, 0.1) is 0 Å². The highest BCUT2D eigenvalue weighted by molar-refractivity contribution is 6.12. The van der Waals surface area contributed by atoms with E-state index in [-0.39, 0.29) is 46.1 Å². The van der Waals surface area contributed by atoms with E-state index in [0.29, 0.717) is 60.9 Å². The smallest absolute Gasteiger partial charge is 0.435 e. The molecule has 76 heavy (non-hydrogen) atoms. The van der Waals surface area contributed by atoms with Gasteiger partial charge in [0.2, 0.25) is 17.6 Å². The standard InChI is InChI=1S/C51H42F5N11O9/c1-50(25-52,26-53)43-24-45(64-76-43)67(48(68)61-29-11-9-15-32(17-29)74-46-34-19-38(70-2)40(72-4)21-36(34)57-27-59-46)66(49(69)62-44-23-42(51(54,55)56)63-65(44)30-12-7-6-8-13-30)31-14-10-16-33(18-31)75-47-35-20-39(71-3)41(73-5)22-37(35)58-28-60-47/h6-24,27-28H,25-26H2,1-5H3,(H,61,68)(H,62,69). The van der Waals surface area contributed by atoms with Gasteiger partial charge in [0.15, 0.2) is 28.7 Å². The number of nitrogens with zero attached hydrogens (tertiary/aromatic N) is 9. The summed E-state index contributed by atoms with van der Waals surface area (Å²) in [6, 6.07) is 24.7. The lowest BCUT2D eigenvalue weighted by Crippen LogP contribution is -2.54. The van der Waals surface area contributed by atoms with Crippen molar-refractivity contribution in [2.24, 2.45) is 0 Å². The number of ether oxygens (including phenoxy) is 6. The van der Waals surface area contributed by atoms with Crippen LogP contribution in [0.3, 0.4) is 0 Å². The lowest BCUT2D eigenvalue weighted by Gasteiger charge is -2.33. The number of hydrogen-bond donors (Lipinski definition) is 2. The molecule has 0 radical (unpaired) electrons.